The highest BCUT2D eigenvalue weighted by Crippen LogP contribution is 2.33. The molecule has 1 aliphatic rings. The molecule has 1 atom stereocenters. The van der Waals surface area contributed by atoms with Gasteiger partial charge in [-0.1, -0.05) is 84.4 Å². The zero-order chi connectivity index (χ0) is 24.9. The van der Waals surface area contributed by atoms with Gasteiger partial charge in [0.1, 0.15) is 17.7 Å². The molecule has 6 nitrogen and oxygen atoms in total. The van der Waals surface area contributed by atoms with E-state index in [0.29, 0.717) is 17.2 Å². The number of hydrazone groups is 1. The minimum absolute atomic E-state index is 0.434. The largest absolute Gasteiger partial charge is 0.467 e. The summed E-state index contributed by atoms with van der Waals surface area (Å²) in [5.74, 6) is -0.980. The summed E-state index contributed by atoms with van der Waals surface area (Å²) in [6.07, 6.45) is 2.02. The maximum atomic E-state index is 13.3. The second-order valence-corrected chi connectivity index (χ2v) is 8.83. The topological polar surface area (TPSA) is 72.1 Å². The van der Waals surface area contributed by atoms with Crippen LogP contribution in [-0.4, -0.2) is 29.2 Å². The maximum absolute atomic E-state index is 13.3. The fourth-order valence-corrected chi connectivity index (χ4v) is 4.42. The van der Waals surface area contributed by atoms with Crippen LogP contribution < -0.4 is 0 Å². The SMILES string of the molecule is O=C(OCC(=O)N1N=C(c2ccc(Cl)cc2)CC1c1ccco1)C(c1ccccc1)c1ccccc1. The number of ether oxygens (including phenoxy) is 1. The van der Waals surface area contributed by atoms with Gasteiger partial charge in [0.15, 0.2) is 6.61 Å². The molecule has 1 aromatic heterocycles. The molecule has 7 heteroatoms. The monoisotopic (exact) mass is 498 g/mol. The summed E-state index contributed by atoms with van der Waals surface area (Å²) >= 11 is 6.02. The lowest BCUT2D eigenvalue weighted by Crippen LogP contribution is -2.32. The first-order valence-corrected chi connectivity index (χ1v) is 11.9. The van der Waals surface area contributed by atoms with Crippen LogP contribution in [0, 0.1) is 0 Å². The van der Waals surface area contributed by atoms with Gasteiger partial charge >= 0.3 is 5.97 Å². The van der Waals surface area contributed by atoms with Gasteiger partial charge in [0.25, 0.3) is 5.91 Å². The van der Waals surface area contributed by atoms with Gasteiger partial charge in [-0.3, -0.25) is 9.59 Å². The van der Waals surface area contributed by atoms with Crippen molar-refractivity contribution in [2.45, 2.75) is 18.4 Å². The van der Waals surface area contributed by atoms with Crippen molar-refractivity contribution in [3.8, 4) is 0 Å². The highest BCUT2D eigenvalue weighted by Gasteiger charge is 2.36. The number of esters is 1. The number of halogens is 1. The second-order valence-electron chi connectivity index (χ2n) is 8.39. The summed E-state index contributed by atoms with van der Waals surface area (Å²) < 4.78 is 11.1. The molecular formula is C29H23ClN2O4. The number of nitrogens with zero attached hydrogens (tertiary/aromatic N) is 2. The number of carbonyl (C=O) groups is 2. The zero-order valence-electron chi connectivity index (χ0n) is 19.3. The van der Waals surface area contributed by atoms with Crippen molar-refractivity contribution in [3.63, 3.8) is 0 Å². The number of rotatable bonds is 7. The van der Waals surface area contributed by atoms with Crippen molar-refractivity contribution in [1.82, 2.24) is 5.01 Å². The molecule has 0 bridgehead atoms. The van der Waals surface area contributed by atoms with Crippen LogP contribution in [0.15, 0.2) is 113 Å². The molecule has 0 saturated carbocycles. The Morgan fingerprint density at radius 2 is 1.56 bits per heavy atom. The molecule has 2 heterocycles. The molecule has 4 aromatic rings. The van der Waals surface area contributed by atoms with E-state index < -0.39 is 30.4 Å². The van der Waals surface area contributed by atoms with Crippen LogP contribution in [0.1, 0.15) is 40.8 Å². The van der Waals surface area contributed by atoms with Crippen LogP contribution in [0.4, 0.5) is 0 Å². The highest BCUT2D eigenvalue weighted by atomic mass is 35.5. The van der Waals surface area contributed by atoms with E-state index in [-0.39, 0.29) is 0 Å². The van der Waals surface area contributed by atoms with E-state index in [0.717, 1.165) is 22.4 Å². The van der Waals surface area contributed by atoms with Gasteiger partial charge in [-0.2, -0.15) is 5.10 Å². The van der Waals surface area contributed by atoms with Gasteiger partial charge in [0.2, 0.25) is 0 Å². The van der Waals surface area contributed by atoms with Crippen molar-refractivity contribution in [2.75, 3.05) is 6.61 Å². The number of benzene rings is 3. The molecular weight excluding hydrogens is 476 g/mol. The summed E-state index contributed by atoms with van der Waals surface area (Å²) in [5, 5.41) is 6.53. The Morgan fingerprint density at radius 3 is 2.14 bits per heavy atom. The molecule has 36 heavy (non-hydrogen) atoms. The van der Waals surface area contributed by atoms with E-state index in [1.54, 1.807) is 30.5 Å². The first kappa shape index (κ1) is 23.6. The van der Waals surface area contributed by atoms with Gasteiger partial charge in [-0.05, 0) is 41.0 Å². The first-order chi connectivity index (χ1) is 17.6. The van der Waals surface area contributed by atoms with Crippen LogP contribution >= 0.6 is 11.6 Å². The molecule has 3 aromatic carbocycles. The second kappa shape index (κ2) is 10.6. The molecule has 0 N–H and O–H groups in total. The van der Waals surface area contributed by atoms with E-state index in [4.69, 9.17) is 20.8 Å². The van der Waals surface area contributed by atoms with Crippen LogP contribution in [-0.2, 0) is 14.3 Å². The Labute approximate surface area is 213 Å². The molecule has 180 valence electrons. The first-order valence-electron chi connectivity index (χ1n) is 11.6. The van der Waals surface area contributed by atoms with Gasteiger partial charge in [0, 0.05) is 11.4 Å². The van der Waals surface area contributed by atoms with E-state index >= 15 is 0 Å². The third-order valence-corrected chi connectivity index (χ3v) is 6.31. The molecule has 0 saturated heterocycles. The lowest BCUT2D eigenvalue weighted by Gasteiger charge is -2.21. The number of carbonyl (C=O) groups excluding carboxylic acids is 2. The predicted octanol–water partition coefficient (Wildman–Crippen LogP) is 5.99. The third-order valence-electron chi connectivity index (χ3n) is 6.05. The van der Waals surface area contributed by atoms with Gasteiger partial charge in [0.05, 0.1) is 12.0 Å². The molecule has 0 aliphatic carbocycles. The molecule has 0 spiro atoms. The fourth-order valence-electron chi connectivity index (χ4n) is 4.30. The Balaban J connectivity index is 1.36. The van der Waals surface area contributed by atoms with E-state index in [1.165, 1.54) is 5.01 Å². The molecule has 1 unspecified atom stereocenters. The lowest BCUT2D eigenvalue weighted by molar-refractivity contribution is -0.153. The Hall–Kier alpha value is -4.16. The highest BCUT2D eigenvalue weighted by molar-refractivity contribution is 6.30. The third kappa shape index (κ3) is 5.09. The molecule has 1 amide bonds. The van der Waals surface area contributed by atoms with Crippen molar-refractivity contribution >= 4 is 29.2 Å². The quantitative estimate of drug-likeness (QED) is 0.293. The predicted molar refractivity (Wildman–Crippen MR) is 137 cm³/mol. The minimum Gasteiger partial charge on any atom is -0.467 e. The Morgan fingerprint density at radius 1 is 0.917 bits per heavy atom. The maximum Gasteiger partial charge on any atom is 0.318 e. The summed E-state index contributed by atoms with van der Waals surface area (Å²) in [6.45, 7) is -0.441. The van der Waals surface area contributed by atoms with Crippen molar-refractivity contribution in [1.29, 1.82) is 0 Å². The molecule has 5 rings (SSSR count). The van der Waals surface area contributed by atoms with E-state index in [1.807, 2.05) is 72.8 Å². The molecule has 0 fully saturated rings. The normalized spacial score (nSPS) is 15.1. The Kier molecular flexibility index (Phi) is 6.96. The van der Waals surface area contributed by atoms with Crippen LogP contribution in [0.25, 0.3) is 0 Å². The van der Waals surface area contributed by atoms with Crippen molar-refractivity contribution < 1.29 is 18.7 Å². The van der Waals surface area contributed by atoms with Crippen LogP contribution in [0.2, 0.25) is 5.02 Å². The smallest absolute Gasteiger partial charge is 0.318 e. The average molecular weight is 499 g/mol. The van der Waals surface area contributed by atoms with E-state index in [2.05, 4.69) is 5.10 Å². The number of hydrogen-bond donors (Lipinski definition) is 0. The number of amides is 1. The summed E-state index contributed by atoms with van der Waals surface area (Å²) in [4.78, 5) is 26.5. The molecule has 0 radical (unpaired) electrons. The van der Waals surface area contributed by atoms with Crippen LogP contribution in [0.5, 0.6) is 0 Å². The number of hydrogen-bond acceptors (Lipinski definition) is 5. The van der Waals surface area contributed by atoms with Crippen molar-refractivity contribution in [3.05, 3.63) is 131 Å². The molecule has 1 aliphatic heterocycles. The average Bonchev–Trinajstić information content (AvgIpc) is 3.60. The Bertz CT molecular complexity index is 1310. The summed E-state index contributed by atoms with van der Waals surface area (Å²) in [7, 11) is 0. The standard InChI is InChI=1S/C29H23ClN2O4/c30-23-15-13-20(14-16-23)24-18-25(26-12-7-17-35-26)32(31-24)27(33)19-36-29(34)28(21-8-3-1-4-9-21)22-10-5-2-6-11-22/h1-17,25,28H,18-19H2. The van der Waals surface area contributed by atoms with Gasteiger partial charge in [-0.15, -0.1) is 0 Å². The summed E-state index contributed by atoms with van der Waals surface area (Å²) in [5.41, 5.74) is 3.16. The summed E-state index contributed by atoms with van der Waals surface area (Å²) in [6, 6.07) is 29.2. The lowest BCUT2D eigenvalue weighted by atomic mass is 9.91. The van der Waals surface area contributed by atoms with Crippen molar-refractivity contribution in [2.24, 2.45) is 5.10 Å². The van der Waals surface area contributed by atoms with Gasteiger partial charge in [-0.25, -0.2) is 5.01 Å². The fraction of sp³-hybridized carbons (Fsp3) is 0.138. The number of furan rings is 1. The minimum atomic E-state index is -0.646. The zero-order valence-corrected chi connectivity index (χ0v) is 20.0. The van der Waals surface area contributed by atoms with Crippen LogP contribution in [0.3, 0.4) is 0 Å². The van der Waals surface area contributed by atoms with E-state index in [9.17, 15) is 9.59 Å². The van der Waals surface area contributed by atoms with Gasteiger partial charge < -0.3 is 9.15 Å².